The van der Waals surface area contributed by atoms with Crippen molar-refractivity contribution in [1.29, 1.82) is 0 Å². The van der Waals surface area contributed by atoms with E-state index in [2.05, 4.69) is 10.6 Å². The maximum Gasteiger partial charge on any atom is 0.326 e. The topological polar surface area (TPSA) is 78.4 Å². The second kappa shape index (κ2) is 7.97. The van der Waals surface area contributed by atoms with Gasteiger partial charge in [-0.25, -0.2) is 9.59 Å². The van der Waals surface area contributed by atoms with Crippen LogP contribution in [0.25, 0.3) is 0 Å². The lowest BCUT2D eigenvalue weighted by Crippen LogP contribution is -2.43. The molecule has 0 fully saturated rings. The molecule has 20 heavy (non-hydrogen) atoms. The number of benzene rings is 1. The van der Waals surface area contributed by atoms with Gasteiger partial charge < -0.3 is 15.7 Å². The molecule has 0 saturated heterocycles. The first-order chi connectivity index (χ1) is 9.43. The van der Waals surface area contributed by atoms with Crippen molar-refractivity contribution in [3.8, 4) is 0 Å². The second-order valence-electron chi connectivity index (χ2n) is 4.26. The third kappa shape index (κ3) is 5.27. The van der Waals surface area contributed by atoms with Crippen LogP contribution in [0.15, 0.2) is 18.2 Å². The molecule has 1 aromatic carbocycles. The summed E-state index contributed by atoms with van der Waals surface area (Å²) in [4.78, 5) is 22.8. The number of urea groups is 1. The first kappa shape index (κ1) is 16.6. The molecule has 7 heteroatoms. The molecule has 0 heterocycles. The molecule has 0 saturated carbocycles. The Bertz CT molecular complexity index is 495. The minimum atomic E-state index is -1.06. The van der Waals surface area contributed by atoms with Crippen LogP contribution in [0.5, 0.6) is 0 Å². The van der Waals surface area contributed by atoms with E-state index in [4.69, 9.17) is 28.3 Å². The molecule has 0 spiro atoms. The number of anilines is 1. The van der Waals surface area contributed by atoms with Crippen LogP contribution in [0.3, 0.4) is 0 Å². The predicted octanol–water partition coefficient (Wildman–Crippen LogP) is 3.76. The van der Waals surface area contributed by atoms with Gasteiger partial charge in [-0.15, -0.1) is 0 Å². The molecule has 5 nitrogen and oxygen atoms in total. The van der Waals surface area contributed by atoms with Crippen LogP contribution in [0.1, 0.15) is 26.2 Å². The molecule has 0 aliphatic rings. The van der Waals surface area contributed by atoms with E-state index in [1.165, 1.54) is 6.07 Å². The molecule has 1 atom stereocenters. The second-order valence-corrected chi connectivity index (χ2v) is 5.10. The zero-order chi connectivity index (χ0) is 15.1. The number of unbranched alkanes of at least 4 members (excludes halogenated alkanes) is 1. The molecule has 1 aromatic rings. The van der Waals surface area contributed by atoms with Gasteiger partial charge in [0.25, 0.3) is 0 Å². The van der Waals surface area contributed by atoms with E-state index >= 15 is 0 Å². The van der Waals surface area contributed by atoms with E-state index in [-0.39, 0.29) is 5.02 Å². The van der Waals surface area contributed by atoms with Crippen LogP contribution in [0.2, 0.25) is 10.0 Å². The number of amides is 2. The SMILES string of the molecule is CCCC[C@H](NC(=O)Nc1ccc(Cl)cc1Cl)C(=O)O. The summed E-state index contributed by atoms with van der Waals surface area (Å²) in [7, 11) is 0. The quantitative estimate of drug-likeness (QED) is 0.747. The first-order valence-electron chi connectivity index (χ1n) is 6.19. The summed E-state index contributed by atoms with van der Waals surface area (Å²) in [6.07, 6.45) is 1.96. The molecule has 2 amide bonds. The van der Waals surface area contributed by atoms with Crippen molar-refractivity contribution in [1.82, 2.24) is 5.32 Å². The lowest BCUT2D eigenvalue weighted by atomic mass is 10.1. The Labute approximate surface area is 127 Å². The Morgan fingerprint density at radius 3 is 2.60 bits per heavy atom. The highest BCUT2D eigenvalue weighted by Crippen LogP contribution is 2.25. The maximum absolute atomic E-state index is 11.8. The molecule has 0 aliphatic carbocycles. The van der Waals surface area contributed by atoms with Gasteiger partial charge in [0.2, 0.25) is 0 Å². The van der Waals surface area contributed by atoms with E-state index in [1.54, 1.807) is 12.1 Å². The van der Waals surface area contributed by atoms with Gasteiger partial charge in [-0.1, -0.05) is 43.0 Å². The summed E-state index contributed by atoms with van der Waals surface area (Å²) >= 11 is 11.7. The Hall–Kier alpha value is -1.46. The average Bonchev–Trinajstić information content (AvgIpc) is 2.37. The van der Waals surface area contributed by atoms with Gasteiger partial charge >= 0.3 is 12.0 Å². The van der Waals surface area contributed by atoms with Crippen molar-refractivity contribution in [2.75, 3.05) is 5.32 Å². The molecule has 0 aliphatic heterocycles. The lowest BCUT2D eigenvalue weighted by Gasteiger charge is -2.15. The highest BCUT2D eigenvalue weighted by molar-refractivity contribution is 6.36. The Balaban J connectivity index is 2.63. The van der Waals surface area contributed by atoms with E-state index in [9.17, 15) is 9.59 Å². The zero-order valence-electron chi connectivity index (χ0n) is 11.0. The Kier molecular flexibility index (Phi) is 6.61. The molecular formula is C13H16Cl2N2O3. The number of hydrogen-bond donors (Lipinski definition) is 3. The zero-order valence-corrected chi connectivity index (χ0v) is 12.5. The van der Waals surface area contributed by atoms with E-state index in [0.29, 0.717) is 17.1 Å². The Morgan fingerprint density at radius 1 is 1.35 bits per heavy atom. The van der Waals surface area contributed by atoms with Crippen molar-refractivity contribution in [3.63, 3.8) is 0 Å². The van der Waals surface area contributed by atoms with Gasteiger partial charge in [0.1, 0.15) is 6.04 Å². The van der Waals surface area contributed by atoms with Gasteiger partial charge in [0, 0.05) is 5.02 Å². The fourth-order valence-electron chi connectivity index (χ4n) is 1.57. The smallest absolute Gasteiger partial charge is 0.326 e. The number of aliphatic carboxylic acids is 1. The van der Waals surface area contributed by atoms with Gasteiger partial charge in [-0.2, -0.15) is 0 Å². The van der Waals surface area contributed by atoms with Crippen LogP contribution in [-0.2, 0) is 4.79 Å². The molecule has 0 radical (unpaired) electrons. The number of rotatable bonds is 6. The van der Waals surface area contributed by atoms with E-state index in [0.717, 1.165) is 12.8 Å². The van der Waals surface area contributed by atoms with Gasteiger partial charge in [-0.05, 0) is 24.6 Å². The van der Waals surface area contributed by atoms with Crippen molar-refractivity contribution in [2.24, 2.45) is 0 Å². The van der Waals surface area contributed by atoms with Crippen molar-refractivity contribution < 1.29 is 14.7 Å². The molecule has 3 N–H and O–H groups in total. The number of carbonyl (C=O) groups is 2. The van der Waals surface area contributed by atoms with Crippen LogP contribution in [0.4, 0.5) is 10.5 Å². The van der Waals surface area contributed by atoms with Crippen LogP contribution < -0.4 is 10.6 Å². The average molecular weight is 319 g/mol. The summed E-state index contributed by atoms with van der Waals surface area (Å²) in [6, 6.07) is 3.09. The number of hydrogen-bond acceptors (Lipinski definition) is 2. The highest BCUT2D eigenvalue weighted by atomic mass is 35.5. The fourth-order valence-corrected chi connectivity index (χ4v) is 2.03. The molecule has 0 bridgehead atoms. The van der Waals surface area contributed by atoms with Crippen LogP contribution in [0, 0.1) is 0 Å². The number of carboxylic acid groups (broad SMARTS) is 1. The van der Waals surface area contributed by atoms with Gasteiger partial charge in [-0.3, -0.25) is 0 Å². The summed E-state index contributed by atoms with van der Waals surface area (Å²) in [5.41, 5.74) is 0.369. The number of halogens is 2. The first-order valence-corrected chi connectivity index (χ1v) is 6.95. The van der Waals surface area contributed by atoms with Crippen molar-refractivity contribution in [3.05, 3.63) is 28.2 Å². The van der Waals surface area contributed by atoms with Crippen LogP contribution >= 0.6 is 23.2 Å². The minimum Gasteiger partial charge on any atom is -0.480 e. The highest BCUT2D eigenvalue weighted by Gasteiger charge is 2.19. The third-order valence-corrected chi connectivity index (χ3v) is 3.18. The molecule has 110 valence electrons. The molecule has 0 unspecified atom stereocenters. The fraction of sp³-hybridized carbons (Fsp3) is 0.385. The summed E-state index contributed by atoms with van der Waals surface area (Å²) < 4.78 is 0. The third-order valence-electron chi connectivity index (χ3n) is 2.63. The molecule has 0 aromatic heterocycles. The van der Waals surface area contributed by atoms with E-state index in [1.807, 2.05) is 6.92 Å². The van der Waals surface area contributed by atoms with Gasteiger partial charge in [0.05, 0.1) is 10.7 Å². The molecular weight excluding hydrogens is 303 g/mol. The number of carbonyl (C=O) groups excluding carboxylic acids is 1. The standard InChI is InChI=1S/C13H16Cl2N2O3/c1-2-3-4-11(12(18)19)17-13(20)16-10-6-5-8(14)7-9(10)15/h5-7,11H,2-4H2,1H3,(H,18,19)(H2,16,17,20)/t11-/m0/s1. The van der Waals surface area contributed by atoms with Crippen molar-refractivity contribution in [2.45, 2.75) is 32.2 Å². The molecule has 1 rings (SSSR count). The van der Waals surface area contributed by atoms with Crippen molar-refractivity contribution >= 4 is 40.9 Å². The lowest BCUT2D eigenvalue weighted by molar-refractivity contribution is -0.139. The maximum atomic E-state index is 11.8. The summed E-state index contributed by atoms with van der Waals surface area (Å²) in [5, 5.41) is 14.7. The largest absolute Gasteiger partial charge is 0.480 e. The number of nitrogens with one attached hydrogen (secondary N) is 2. The predicted molar refractivity (Wildman–Crippen MR) is 79.6 cm³/mol. The Morgan fingerprint density at radius 2 is 2.05 bits per heavy atom. The monoisotopic (exact) mass is 318 g/mol. The summed E-state index contributed by atoms with van der Waals surface area (Å²) in [6.45, 7) is 1.95. The normalized spacial score (nSPS) is 11.8. The van der Waals surface area contributed by atoms with Crippen LogP contribution in [-0.4, -0.2) is 23.1 Å². The van der Waals surface area contributed by atoms with E-state index < -0.39 is 18.0 Å². The summed E-state index contributed by atoms with van der Waals surface area (Å²) in [5.74, 6) is -1.06. The van der Waals surface area contributed by atoms with Gasteiger partial charge in [0.15, 0.2) is 0 Å². The number of carboxylic acids is 1. The minimum absolute atomic E-state index is 0.285.